The summed E-state index contributed by atoms with van der Waals surface area (Å²) in [4.78, 5) is 19.6. The summed E-state index contributed by atoms with van der Waals surface area (Å²) in [6.07, 6.45) is 1.79. The molecule has 0 saturated carbocycles. The van der Waals surface area contributed by atoms with Gasteiger partial charge in [-0.1, -0.05) is 0 Å². The second-order valence-electron chi connectivity index (χ2n) is 5.14. The van der Waals surface area contributed by atoms with Gasteiger partial charge >= 0.3 is 0 Å². The number of piperazine rings is 1. The fourth-order valence-corrected chi connectivity index (χ4v) is 3.42. The molecule has 0 aromatic carbocycles. The molecule has 0 bridgehead atoms. The van der Waals surface area contributed by atoms with Crippen molar-refractivity contribution in [1.82, 2.24) is 14.8 Å². The molecule has 1 aliphatic rings. The van der Waals surface area contributed by atoms with E-state index in [1.54, 1.807) is 17.5 Å². The summed E-state index contributed by atoms with van der Waals surface area (Å²) in [7, 11) is 0. The summed E-state index contributed by atoms with van der Waals surface area (Å²) in [5.41, 5.74) is 2.06. The van der Waals surface area contributed by atoms with E-state index in [1.165, 1.54) is 5.56 Å². The fourth-order valence-electron chi connectivity index (χ4n) is 2.67. The molecular formula is C15H19N3OS. The topological polar surface area (TPSA) is 39.3 Å². The third-order valence-corrected chi connectivity index (χ3v) is 4.70. The molecule has 1 amide bonds. The minimum atomic E-state index is 0.109. The fraction of sp³-hybridized carbons (Fsp3) is 0.400. The Balaban J connectivity index is 1.58. The van der Waals surface area contributed by atoms with Crippen molar-refractivity contribution in [2.24, 2.45) is 0 Å². The standard InChI is InChI=1S/C15H19N3OS/c1-12(13-4-10-20-11-13)17-6-8-18(9-7-17)15(19)14-3-2-5-16-14/h2-5,10-12,16H,6-9H2,1H3. The van der Waals surface area contributed by atoms with Crippen molar-refractivity contribution < 1.29 is 4.79 Å². The number of aromatic nitrogens is 1. The number of hydrogen-bond donors (Lipinski definition) is 1. The summed E-state index contributed by atoms with van der Waals surface area (Å²) in [5.74, 6) is 0.109. The monoisotopic (exact) mass is 289 g/mol. The molecule has 1 unspecified atom stereocenters. The van der Waals surface area contributed by atoms with Gasteiger partial charge in [0, 0.05) is 38.4 Å². The predicted molar refractivity (Wildman–Crippen MR) is 81.0 cm³/mol. The number of nitrogens with zero attached hydrogens (tertiary/aromatic N) is 2. The molecule has 1 N–H and O–H groups in total. The first-order valence-electron chi connectivity index (χ1n) is 6.94. The summed E-state index contributed by atoms with van der Waals surface area (Å²) in [6, 6.07) is 6.32. The van der Waals surface area contributed by atoms with Crippen LogP contribution in [0, 0.1) is 0 Å². The molecule has 1 atom stereocenters. The van der Waals surface area contributed by atoms with Gasteiger partial charge in [-0.15, -0.1) is 0 Å². The zero-order valence-corrected chi connectivity index (χ0v) is 12.4. The Bertz CT molecular complexity index is 542. The van der Waals surface area contributed by atoms with E-state index < -0.39 is 0 Å². The predicted octanol–water partition coefficient (Wildman–Crippen LogP) is 2.60. The minimum absolute atomic E-state index is 0.109. The first-order valence-corrected chi connectivity index (χ1v) is 7.89. The van der Waals surface area contributed by atoms with Crippen LogP contribution < -0.4 is 0 Å². The van der Waals surface area contributed by atoms with Gasteiger partial charge in [0.1, 0.15) is 5.69 Å². The van der Waals surface area contributed by atoms with Crippen LogP contribution in [0.5, 0.6) is 0 Å². The number of aromatic amines is 1. The number of nitrogens with one attached hydrogen (secondary N) is 1. The molecule has 0 aliphatic carbocycles. The van der Waals surface area contributed by atoms with Gasteiger partial charge in [0.15, 0.2) is 0 Å². The van der Waals surface area contributed by atoms with Crippen LogP contribution in [0.1, 0.15) is 29.0 Å². The van der Waals surface area contributed by atoms with Gasteiger partial charge in [-0.2, -0.15) is 11.3 Å². The lowest BCUT2D eigenvalue weighted by Crippen LogP contribution is -2.49. The highest BCUT2D eigenvalue weighted by Gasteiger charge is 2.25. The van der Waals surface area contributed by atoms with Gasteiger partial charge in [-0.3, -0.25) is 9.69 Å². The Morgan fingerprint density at radius 1 is 1.30 bits per heavy atom. The van der Waals surface area contributed by atoms with Gasteiger partial charge in [0.25, 0.3) is 5.91 Å². The summed E-state index contributed by atoms with van der Waals surface area (Å²) < 4.78 is 0. The maximum Gasteiger partial charge on any atom is 0.270 e. The molecule has 0 spiro atoms. The van der Waals surface area contributed by atoms with Crippen molar-refractivity contribution >= 4 is 17.2 Å². The van der Waals surface area contributed by atoms with Gasteiger partial charge in [-0.25, -0.2) is 0 Å². The second kappa shape index (κ2) is 5.81. The molecule has 20 heavy (non-hydrogen) atoms. The molecule has 4 nitrogen and oxygen atoms in total. The highest BCUT2D eigenvalue weighted by Crippen LogP contribution is 2.23. The summed E-state index contributed by atoms with van der Waals surface area (Å²) >= 11 is 1.74. The Hall–Kier alpha value is -1.59. The number of H-pyrrole nitrogens is 1. The summed E-state index contributed by atoms with van der Waals surface area (Å²) in [5, 5.41) is 4.33. The van der Waals surface area contributed by atoms with Crippen molar-refractivity contribution in [1.29, 1.82) is 0 Å². The Labute approximate surface area is 123 Å². The average molecular weight is 289 g/mol. The normalized spacial score (nSPS) is 18.1. The minimum Gasteiger partial charge on any atom is -0.357 e. The average Bonchev–Trinajstić information content (AvgIpc) is 3.18. The first kappa shape index (κ1) is 13.4. The Kier molecular flexibility index (Phi) is 3.89. The third kappa shape index (κ3) is 2.64. The lowest BCUT2D eigenvalue weighted by Gasteiger charge is -2.37. The second-order valence-corrected chi connectivity index (χ2v) is 5.92. The number of rotatable bonds is 3. The number of amides is 1. The van der Waals surface area contributed by atoms with E-state index in [0.717, 1.165) is 26.2 Å². The lowest BCUT2D eigenvalue weighted by molar-refractivity contribution is 0.0577. The molecule has 3 rings (SSSR count). The Morgan fingerprint density at radius 2 is 2.10 bits per heavy atom. The maximum absolute atomic E-state index is 12.2. The van der Waals surface area contributed by atoms with Crippen LogP contribution in [0.25, 0.3) is 0 Å². The van der Waals surface area contributed by atoms with E-state index in [2.05, 4.69) is 33.6 Å². The molecule has 1 saturated heterocycles. The molecule has 1 aliphatic heterocycles. The summed E-state index contributed by atoms with van der Waals surface area (Å²) in [6.45, 7) is 5.70. The van der Waals surface area contributed by atoms with E-state index in [0.29, 0.717) is 11.7 Å². The van der Waals surface area contributed by atoms with Crippen molar-refractivity contribution in [2.45, 2.75) is 13.0 Å². The maximum atomic E-state index is 12.2. The van der Waals surface area contributed by atoms with Gasteiger partial charge < -0.3 is 9.88 Å². The van der Waals surface area contributed by atoms with Crippen LogP contribution in [0.2, 0.25) is 0 Å². The third-order valence-electron chi connectivity index (χ3n) is 4.00. The van der Waals surface area contributed by atoms with Crippen LogP contribution in [0.4, 0.5) is 0 Å². The van der Waals surface area contributed by atoms with Gasteiger partial charge in [0.05, 0.1) is 0 Å². The van der Waals surface area contributed by atoms with E-state index in [-0.39, 0.29) is 5.91 Å². The van der Waals surface area contributed by atoms with Crippen LogP contribution in [0.3, 0.4) is 0 Å². The van der Waals surface area contributed by atoms with Crippen LogP contribution in [0.15, 0.2) is 35.2 Å². The smallest absolute Gasteiger partial charge is 0.270 e. The number of hydrogen-bond acceptors (Lipinski definition) is 3. The molecule has 5 heteroatoms. The van der Waals surface area contributed by atoms with E-state index in [9.17, 15) is 4.79 Å². The zero-order chi connectivity index (χ0) is 13.9. The van der Waals surface area contributed by atoms with Gasteiger partial charge in [-0.05, 0) is 41.4 Å². The van der Waals surface area contributed by atoms with E-state index in [1.807, 2.05) is 17.0 Å². The molecule has 1 fully saturated rings. The van der Waals surface area contributed by atoms with Crippen LogP contribution in [-0.4, -0.2) is 46.9 Å². The van der Waals surface area contributed by atoms with Crippen molar-refractivity contribution in [3.8, 4) is 0 Å². The number of thiophene rings is 1. The Morgan fingerprint density at radius 3 is 2.70 bits per heavy atom. The number of carbonyl (C=O) groups excluding carboxylic acids is 1. The highest BCUT2D eigenvalue weighted by atomic mass is 32.1. The number of carbonyl (C=O) groups is 1. The molecule has 2 aromatic heterocycles. The molecule has 2 aromatic rings. The van der Waals surface area contributed by atoms with Crippen molar-refractivity contribution in [3.63, 3.8) is 0 Å². The molecular weight excluding hydrogens is 270 g/mol. The van der Waals surface area contributed by atoms with E-state index in [4.69, 9.17) is 0 Å². The quantitative estimate of drug-likeness (QED) is 0.943. The van der Waals surface area contributed by atoms with Gasteiger partial charge in [0.2, 0.25) is 0 Å². The van der Waals surface area contributed by atoms with Crippen molar-refractivity contribution in [3.05, 3.63) is 46.4 Å². The van der Waals surface area contributed by atoms with Crippen LogP contribution >= 0.6 is 11.3 Å². The SMILES string of the molecule is CC(c1ccsc1)N1CCN(C(=O)c2ccc[nH]2)CC1. The molecule has 106 valence electrons. The lowest BCUT2D eigenvalue weighted by atomic mass is 10.1. The molecule has 3 heterocycles. The first-order chi connectivity index (χ1) is 9.75. The zero-order valence-electron chi connectivity index (χ0n) is 11.6. The largest absolute Gasteiger partial charge is 0.357 e. The van der Waals surface area contributed by atoms with E-state index >= 15 is 0 Å². The van der Waals surface area contributed by atoms with Crippen molar-refractivity contribution in [2.75, 3.05) is 26.2 Å². The molecule has 0 radical (unpaired) electrons. The highest BCUT2D eigenvalue weighted by molar-refractivity contribution is 7.07. The van der Waals surface area contributed by atoms with Crippen LogP contribution in [-0.2, 0) is 0 Å².